The smallest absolute Gasteiger partial charge is 0.410 e. The number of hydrogen-bond acceptors (Lipinski definition) is 8. The van der Waals surface area contributed by atoms with Crippen molar-refractivity contribution in [3.05, 3.63) is 54.4 Å². The van der Waals surface area contributed by atoms with Gasteiger partial charge in [0.05, 0.1) is 35.4 Å². The van der Waals surface area contributed by atoms with Gasteiger partial charge in [0.25, 0.3) is 0 Å². The fraction of sp³-hybridized carbons (Fsp3) is 0.387. The highest BCUT2D eigenvalue weighted by Crippen LogP contribution is 2.37. The average Bonchev–Trinajstić information content (AvgIpc) is 3.32. The predicted octanol–water partition coefficient (Wildman–Crippen LogP) is 5.68. The molecule has 1 aliphatic rings. The zero-order valence-corrected chi connectivity index (χ0v) is 24.2. The van der Waals surface area contributed by atoms with Crippen LogP contribution < -0.4 is 20.7 Å². The standard InChI is InChI=1S/C31H39N7O3/c1-31(2,3)41-30(39)37(5)16-15-36(4)26-18-27(40-6)25(17-23(26)32)35-29-33-13-12-24(34-29)22-19-38-14-8-10-20-9-7-11-21(22)28(20)38/h7,9,11-13,17-19H,8,10,14-16,32H2,1-6H3,(H,33,34,35)/i5D3. The van der Waals surface area contributed by atoms with E-state index in [-0.39, 0.29) is 13.1 Å². The van der Waals surface area contributed by atoms with Gasteiger partial charge in [0.15, 0.2) is 0 Å². The maximum Gasteiger partial charge on any atom is 0.410 e. The minimum Gasteiger partial charge on any atom is -0.494 e. The van der Waals surface area contributed by atoms with Crippen LogP contribution in [0.2, 0.25) is 0 Å². The number of nitrogens with one attached hydrogen (secondary N) is 1. The van der Waals surface area contributed by atoms with Crippen molar-refractivity contribution in [1.29, 1.82) is 0 Å². The number of methoxy groups -OCH3 is 1. The van der Waals surface area contributed by atoms with Crippen molar-refractivity contribution in [3.63, 3.8) is 0 Å². The number of likely N-dealkylation sites (N-methyl/N-ethyl adjacent to an activating group) is 2. The van der Waals surface area contributed by atoms with Crippen molar-refractivity contribution in [2.75, 3.05) is 50.2 Å². The first-order valence-electron chi connectivity index (χ1n) is 15.2. The monoisotopic (exact) mass is 560 g/mol. The lowest BCUT2D eigenvalue weighted by Gasteiger charge is -2.28. The van der Waals surface area contributed by atoms with E-state index in [1.807, 2.05) is 6.07 Å². The minimum atomic E-state index is -2.66. The van der Waals surface area contributed by atoms with Crippen molar-refractivity contribution in [2.45, 2.75) is 45.8 Å². The van der Waals surface area contributed by atoms with E-state index in [1.165, 1.54) is 16.5 Å². The molecule has 0 radical (unpaired) electrons. The van der Waals surface area contributed by atoms with Crippen LogP contribution in [0.5, 0.6) is 5.75 Å². The van der Waals surface area contributed by atoms with Gasteiger partial charge in [0.2, 0.25) is 5.95 Å². The topological polar surface area (TPSA) is 111 Å². The molecular formula is C31H39N7O3. The zero-order chi connectivity index (χ0) is 31.8. The first-order valence-corrected chi connectivity index (χ1v) is 13.7. The molecule has 0 aliphatic carbocycles. The Hall–Kier alpha value is -4.47. The molecule has 0 unspecified atom stereocenters. The summed E-state index contributed by atoms with van der Waals surface area (Å²) in [6, 6.07) is 11.8. The van der Waals surface area contributed by atoms with Gasteiger partial charge in [-0.3, -0.25) is 0 Å². The number of nitrogens with zero attached hydrogens (tertiary/aromatic N) is 5. The first kappa shape index (κ1) is 24.3. The number of anilines is 4. The summed E-state index contributed by atoms with van der Waals surface area (Å²) in [5, 5.41) is 4.41. The summed E-state index contributed by atoms with van der Waals surface area (Å²) in [7, 11) is 3.31. The molecule has 0 fully saturated rings. The summed E-state index contributed by atoms with van der Waals surface area (Å²) >= 11 is 0. The SMILES string of the molecule is [2H]C([2H])([2H])N(CCN(C)c1cc(OC)c(Nc2nccc(-c3cn4c5c(cccc35)CCC4)n2)cc1N)C(=O)OC(C)(C)C. The van der Waals surface area contributed by atoms with E-state index in [9.17, 15) is 4.79 Å². The summed E-state index contributed by atoms with van der Waals surface area (Å²) in [5.74, 6) is 0.876. The second kappa shape index (κ2) is 11.2. The quantitative estimate of drug-likeness (QED) is 0.265. The Bertz CT molecular complexity index is 1680. The van der Waals surface area contributed by atoms with Crippen molar-refractivity contribution >= 4 is 40.0 Å². The highest BCUT2D eigenvalue weighted by molar-refractivity contribution is 5.97. The molecule has 1 amide bonds. The molecule has 0 saturated carbocycles. The predicted molar refractivity (Wildman–Crippen MR) is 164 cm³/mol. The van der Waals surface area contributed by atoms with Crippen LogP contribution in [0.1, 0.15) is 36.9 Å². The van der Waals surface area contributed by atoms with Crippen LogP contribution >= 0.6 is 0 Å². The van der Waals surface area contributed by atoms with E-state index >= 15 is 0 Å². The number of carbonyl (C=O) groups excluding carboxylic acids is 1. The van der Waals surface area contributed by atoms with E-state index < -0.39 is 18.7 Å². The van der Waals surface area contributed by atoms with Gasteiger partial charge in [-0.1, -0.05) is 18.2 Å². The first-order chi connectivity index (χ1) is 20.7. The van der Waals surface area contributed by atoms with Crippen LogP contribution in [0.15, 0.2) is 48.8 Å². The molecule has 2 aromatic carbocycles. The Morgan fingerprint density at radius 1 is 1.24 bits per heavy atom. The van der Waals surface area contributed by atoms with Crippen LogP contribution in [0, 0.1) is 0 Å². The van der Waals surface area contributed by atoms with E-state index in [2.05, 4.69) is 39.3 Å². The third-order valence-electron chi connectivity index (χ3n) is 7.04. The van der Waals surface area contributed by atoms with Gasteiger partial charge >= 0.3 is 6.09 Å². The van der Waals surface area contributed by atoms with Gasteiger partial charge in [-0.2, -0.15) is 0 Å². The summed E-state index contributed by atoms with van der Waals surface area (Å²) in [5.41, 5.74) is 11.7. The number of aryl methyl sites for hydroxylation is 2. The van der Waals surface area contributed by atoms with Crippen molar-refractivity contribution in [3.8, 4) is 17.0 Å². The van der Waals surface area contributed by atoms with Crippen molar-refractivity contribution in [1.82, 2.24) is 19.4 Å². The second-order valence-corrected chi connectivity index (χ2v) is 11.2. The van der Waals surface area contributed by atoms with E-state index in [1.54, 1.807) is 58.2 Å². The molecule has 2 aromatic heterocycles. The number of benzene rings is 2. The van der Waals surface area contributed by atoms with Crippen LogP contribution in [-0.2, 0) is 17.7 Å². The normalized spacial score (nSPS) is 14.1. The van der Waals surface area contributed by atoms with Crippen LogP contribution in [0.4, 0.5) is 27.8 Å². The van der Waals surface area contributed by atoms with Crippen molar-refractivity contribution < 1.29 is 18.4 Å². The molecule has 41 heavy (non-hydrogen) atoms. The summed E-state index contributed by atoms with van der Waals surface area (Å²) in [4.78, 5) is 24.4. The lowest BCUT2D eigenvalue weighted by atomic mass is 10.0. The van der Waals surface area contributed by atoms with Crippen LogP contribution in [0.3, 0.4) is 0 Å². The Morgan fingerprint density at radius 2 is 2.07 bits per heavy atom. The van der Waals surface area contributed by atoms with Crippen LogP contribution in [0.25, 0.3) is 22.2 Å². The number of nitrogen functional groups attached to an aromatic ring is 1. The molecule has 10 heteroatoms. The summed E-state index contributed by atoms with van der Waals surface area (Å²) in [6.45, 7) is 3.45. The number of para-hydroxylation sites is 1. The Morgan fingerprint density at radius 3 is 2.83 bits per heavy atom. The highest BCUT2D eigenvalue weighted by Gasteiger charge is 2.21. The molecule has 0 saturated heterocycles. The number of hydrogen-bond donors (Lipinski definition) is 2. The fourth-order valence-electron chi connectivity index (χ4n) is 5.11. The second-order valence-electron chi connectivity index (χ2n) is 11.2. The molecule has 0 atom stereocenters. The number of aromatic nitrogens is 3. The number of carbonyl (C=O) groups is 1. The molecule has 1 aliphatic heterocycles. The molecule has 10 nitrogen and oxygen atoms in total. The zero-order valence-electron chi connectivity index (χ0n) is 27.2. The maximum atomic E-state index is 12.6. The summed E-state index contributed by atoms with van der Waals surface area (Å²) < 4.78 is 36.8. The maximum absolute atomic E-state index is 12.6. The lowest BCUT2D eigenvalue weighted by molar-refractivity contribution is 0.0303. The number of ether oxygens (including phenoxy) is 2. The molecule has 4 aromatic rings. The van der Waals surface area contributed by atoms with E-state index in [4.69, 9.17) is 24.3 Å². The summed E-state index contributed by atoms with van der Waals surface area (Å²) in [6.07, 6.45) is 5.17. The third-order valence-corrected chi connectivity index (χ3v) is 7.04. The van der Waals surface area contributed by atoms with E-state index in [0.29, 0.717) is 28.8 Å². The molecule has 3 heterocycles. The average molecular weight is 561 g/mol. The number of rotatable bonds is 8. The van der Waals surface area contributed by atoms with Gasteiger partial charge < -0.3 is 34.9 Å². The van der Waals surface area contributed by atoms with E-state index in [0.717, 1.165) is 35.5 Å². The minimum absolute atomic E-state index is 0.109. The Labute approximate surface area is 245 Å². The molecule has 5 rings (SSSR count). The van der Waals surface area contributed by atoms with Gasteiger partial charge in [-0.15, -0.1) is 0 Å². The highest BCUT2D eigenvalue weighted by atomic mass is 16.6. The molecule has 0 bridgehead atoms. The molecule has 0 spiro atoms. The third kappa shape index (κ3) is 6.01. The fourth-order valence-corrected chi connectivity index (χ4v) is 5.11. The number of amides is 1. The largest absolute Gasteiger partial charge is 0.494 e. The molecule has 216 valence electrons. The Kier molecular flexibility index (Phi) is 6.64. The van der Waals surface area contributed by atoms with Gasteiger partial charge in [0, 0.05) is 67.2 Å². The Balaban J connectivity index is 1.36. The number of nitrogens with two attached hydrogens (primary N) is 1. The van der Waals surface area contributed by atoms with Crippen molar-refractivity contribution in [2.24, 2.45) is 0 Å². The van der Waals surface area contributed by atoms with Crippen LogP contribution in [-0.4, -0.2) is 65.4 Å². The van der Waals surface area contributed by atoms with Gasteiger partial charge in [-0.05, 0) is 51.3 Å². The molecule has 3 N–H and O–H groups in total. The lowest BCUT2D eigenvalue weighted by Crippen LogP contribution is -2.38. The van der Waals surface area contributed by atoms with Gasteiger partial charge in [-0.25, -0.2) is 14.8 Å². The molecular weight excluding hydrogens is 518 g/mol. The van der Waals surface area contributed by atoms with Gasteiger partial charge in [0.1, 0.15) is 11.4 Å².